The van der Waals surface area contributed by atoms with Gasteiger partial charge in [-0.05, 0) is 89.7 Å². The fourth-order valence-corrected chi connectivity index (χ4v) is 9.99. The summed E-state index contributed by atoms with van der Waals surface area (Å²) in [5, 5.41) is 0. The van der Waals surface area contributed by atoms with Gasteiger partial charge in [-0.15, -0.1) is 34.0 Å². The van der Waals surface area contributed by atoms with Crippen LogP contribution in [0.3, 0.4) is 0 Å². The summed E-state index contributed by atoms with van der Waals surface area (Å²) in [6.45, 7) is 12.3. The van der Waals surface area contributed by atoms with Gasteiger partial charge in [0, 0.05) is 29.3 Å². The van der Waals surface area contributed by atoms with E-state index in [0.29, 0.717) is 10.8 Å². The van der Waals surface area contributed by atoms with Crippen molar-refractivity contribution in [1.29, 1.82) is 0 Å². The van der Waals surface area contributed by atoms with Crippen LogP contribution in [0.2, 0.25) is 0 Å². The first kappa shape index (κ1) is 18.8. The summed E-state index contributed by atoms with van der Waals surface area (Å²) in [5.74, 6) is 3.30. The van der Waals surface area contributed by atoms with Crippen LogP contribution in [0, 0.1) is 22.7 Å². The lowest BCUT2D eigenvalue weighted by Crippen LogP contribution is -2.47. The predicted octanol–water partition coefficient (Wildman–Crippen LogP) is 9.04. The molecule has 0 aromatic carbocycles. The van der Waals surface area contributed by atoms with Gasteiger partial charge in [-0.25, -0.2) is 0 Å². The first-order chi connectivity index (χ1) is 13.7. The summed E-state index contributed by atoms with van der Waals surface area (Å²) in [6, 6.07) is 12.0. The van der Waals surface area contributed by atoms with Crippen LogP contribution < -0.4 is 0 Å². The van der Waals surface area contributed by atoms with E-state index in [1.807, 2.05) is 22.7 Å². The third-order valence-corrected chi connectivity index (χ3v) is 12.9. The van der Waals surface area contributed by atoms with Gasteiger partial charge in [0.2, 0.25) is 0 Å². The Balaban J connectivity index is 1.27. The van der Waals surface area contributed by atoms with E-state index in [1.165, 1.54) is 38.8 Å². The zero-order valence-electron chi connectivity index (χ0n) is 18.0. The minimum absolute atomic E-state index is 0.452. The number of rotatable bonds is 3. The van der Waals surface area contributed by atoms with Gasteiger partial charge in [0.05, 0.1) is 0 Å². The third kappa shape index (κ3) is 2.60. The number of hydrogen-bond acceptors (Lipinski definition) is 3. The maximum Gasteiger partial charge on any atom is 0.0449 e. The molecule has 2 saturated carbocycles. The van der Waals surface area contributed by atoms with Crippen LogP contribution in [0.5, 0.6) is 0 Å². The first-order valence-electron chi connectivity index (χ1n) is 11.1. The lowest BCUT2D eigenvalue weighted by molar-refractivity contribution is 0.0214. The van der Waals surface area contributed by atoms with Crippen LogP contribution in [-0.2, 0) is 6.42 Å². The Morgan fingerprint density at radius 3 is 2.14 bits per heavy atom. The molecule has 152 valence electrons. The maximum atomic E-state index is 2.52. The van der Waals surface area contributed by atoms with E-state index in [9.17, 15) is 0 Å². The summed E-state index contributed by atoms with van der Waals surface area (Å²) in [5.41, 5.74) is 2.63. The summed E-state index contributed by atoms with van der Waals surface area (Å²) >= 11 is 6.10. The minimum Gasteiger partial charge on any atom is -0.139 e. The molecule has 0 spiro atoms. The highest BCUT2D eigenvalue weighted by atomic mass is 32.1. The summed E-state index contributed by atoms with van der Waals surface area (Å²) in [4.78, 5) is 9.14. The molecule has 0 radical (unpaired) electrons. The molecular formula is C26H30S3. The number of hydrogen-bond donors (Lipinski definition) is 0. The zero-order valence-corrected chi connectivity index (χ0v) is 20.5. The van der Waals surface area contributed by atoms with Crippen LogP contribution in [0.25, 0.3) is 19.5 Å². The Kier molecular flexibility index (Phi) is 3.95. The average molecular weight is 439 g/mol. The molecular weight excluding hydrogens is 408 g/mol. The molecule has 29 heavy (non-hydrogen) atoms. The molecule has 3 heterocycles. The number of thiophene rings is 3. The van der Waals surface area contributed by atoms with Crippen molar-refractivity contribution in [3.63, 3.8) is 0 Å². The average Bonchev–Trinajstić information content (AvgIpc) is 3.43. The van der Waals surface area contributed by atoms with Gasteiger partial charge < -0.3 is 0 Å². The lowest BCUT2D eigenvalue weighted by Gasteiger charge is -2.56. The molecule has 0 unspecified atom stereocenters. The van der Waals surface area contributed by atoms with E-state index in [1.54, 1.807) is 15.3 Å². The van der Waals surface area contributed by atoms with E-state index in [2.05, 4.69) is 76.3 Å². The molecule has 3 aromatic heterocycles. The van der Waals surface area contributed by atoms with Crippen molar-refractivity contribution in [2.24, 2.45) is 22.7 Å². The third-order valence-electron chi connectivity index (χ3n) is 8.91. The first-order valence-corrected chi connectivity index (χ1v) is 13.5. The minimum atomic E-state index is 0.452. The van der Waals surface area contributed by atoms with Crippen molar-refractivity contribution in [3.8, 4) is 19.5 Å². The van der Waals surface area contributed by atoms with E-state index >= 15 is 0 Å². The SMILES string of the molecule is C[C@H]1C[C@@H](c2ccc(-c3ccc(-c4cc5c(s4)[C@@H]4C[C@H](C5)C4(C)C)s3)s2)C1(C)C. The molecule has 2 bridgehead atoms. The molecule has 4 atom stereocenters. The quantitative estimate of drug-likeness (QED) is 0.382. The molecule has 3 aromatic rings. The Morgan fingerprint density at radius 2 is 1.45 bits per heavy atom. The van der Waals surface area contributed by atoms with Crippen molar-refractivity contribution in [1.82, 2.24) is 0 Å². The second kappa shape index (κ2) is 6.08. The smallest absolute Gasteiger partial charge is 0.0449 e. The normalized spacial score (nSPS) is 31.1. The fraction of sp³-hybridized carbons (Fsp3) is 0.538. The van der Waals surface area contributed by atoms with E-state index in [-0.39, 0.29) is 0 Å². The summed E-state index contributed by atoms with van der Waals surface area (Å²) in [7, 11) is 0. The fourth-order valence-electron chi connectivity index (χ4n) is 5.99. The molecule has 2 fully saturated rings. The zero-order chi connectivity index (χ0) is 20.1. The van der Waals surface area contributed by atoms with Crippen molar-refractivity contribution < 1.29 is 0 Å². The van der Waals surface area contributed by atoms with Gasteiger partial charge in [-0.2, -0.15) is 0 Å². The molecule has 0 amide bonds. The van der Waals surface area contributed by atoms with Crippen molar-refractivity contribution in [2.45, 2.75) is 65.7 Å². The van der Waals surface area contributed by atoms with E-state index in [4.69, 9.17) is 0 Å². The van der Waals surface area contributed by atoms with Crippen LogP contribution in [0.1, 0.15) is 74.6 Å². The molecule has 4 aliphatic rings. The van der Waals surface area contributed by atoms with Crippen LogP contribution >= 0.6 is 34.0 Å². The lowest BCUT2D eigenvalue weighted by atomic mass is 9.49. The Bertz CT molecular complexity index is 1090. The highest BCUT2D eigenvalue weighted by Gasteiger charge is 2.53. The predicted molar refractivity (Wildman–Crippen MR) is 130 cm³/mol. The Morgan fingerprint density at radius 1 is 0.759 bits per heavy atom. The van der Waals surface area contributed by atoms with Gasteiger partial charge in [0.25, 0.3) is 0 Å². The molecule has 4 aliphatic carbocycles. The Hall–Kier alpha value is -0.900. The van der Waals surface area contributed by atoms with E-state index < -0.39 is 0 Å². The molecule has 0 N–H and O–H groups in total. The monoisotopic (exact) mass is 438 g/mol. The van der Waals surface area contributed by atoms with Crippen LogP contribution in [-0.4, -0.2) is 0 Å². The molecule has 7 rings (SSSR count). The van der Waals surface area contributed by atoms with E-state index in [0.717, 1.165) is 23.7 Å². The van der Waals surface area contributed by atoms with Gasteiger partial charge in [-0.3, -0.25) is 0 Å². The highest BCUT2D eigenvalue weighted by Crippen LogP contribution is 2.64. The second-order valence-corrected chi connectivity index (χ2v) is 14.2. The topological polar surface area (TPSA) is 0 Å². The highest BCUT2D eigenvalue weighted by molar-refractivity contribution is 7.26. The second-order valence-electron chi connectivity index (χ2n) is 10.9. The van der Waals surface area contributed by atoms with Crippen molar-refractivity contribution in [3.05, 3.63) is 45.6 Å². The molecule has 0 nitrogen and oxygen atoms in total. The van der Waals surface area contributed by atoms with Crippen molar-refractivity contribution >= 4 is 34.0 Å². The summed E-state index contributed by atoms with van der Waals surface area (Å²) in [6.07, 6.45) is 4.07. The maximum absolute atomic E-state index is 2.52. The van der Waals surface area contributed by atoms with Crippen molar-refractivity contribution in [2.75, 3.05) is 0 Å². The molecule has 0 aliphatic heterocycles. The largest absolute Gasteiger partial charge is 0.139 e. The van der Waals surface area contributed by atoms with Gasteiger partial charge in [0.15, 0.2) is 0 Å². The molecule has 0 saturated heterocycles. The standard InChI is InChI=1S/C26H30S3/c1-14-10-17(25(14,2)3)19-6-7-20(27-19)21-8-9-22(28-21)23-12-15-11-16-13-18(24(15)29-23)26(16,4)5/h6-9,12,14,16-18H,10-11,13H2,1-5H3/t14-,16-,17-,18-/m0/s1. The summed E-state index contributed by atoms with van der Waals surface area (Å²) < 4.78 is 0. The van der Waals surface area contributed by atoms with Crippen LogP contribution in [0.15, 0.2) is 30.3 Å². The van der Waals surface area contributed by atoms with Gasteiger partial charge in [-0.1, -0.05) is 34.6 Å². The van der Waals surface area contributed by atoms with Crippen LogP contribution in [0.4, 0.5) is 0 Å². The van der Waals surface area contributed by atoms with Gasteiger partial charge >= 0.3 is 0 Å². The molecule has 3 heteroatoms. The van der Waals surface area contributed by atoms with Gasteiger partial charge in [0.1, 0.15) is 0 Å². The Labute approximate surface area is 187 Å².